The zero-order valence-electron chi connectivity index (χ0n) is 16.6. The van der Waals surface area contributed by atoms with E-state index in [-0.39, 0.29) is 5.91 Å². The van der Waals surface area contributed by atoms with Gasteiger partial charge < -0.3 is 9.88 Å². The van der Waals surface area contributed by atoms with Crippen LogP contribution in [0.5, 0.6) is 0 Å². The second-order valence-electron chi connectivity index (χ2n) is 7.54. The SMILES string of the molecule is Cc1[nH]c2ccc(C(=O)N3CCN(CC=Cc4ccccc4)CC3)cc2c1C. The summed E-state index contributed by atoms with van der Waals surface area (Å²) in [5.41, 5.74) is 5.49. The second kappa shape index (κ2) is 8.03. The molecule has 4 nitrogen and oxygen atoms in total. The van der Waals surface area contributed by atoms with Crippen LogP contribution in [0, 0.1) is 13.8 Å². The molecule has 2 heterocycles. The average Bonchev–Trinajstić information content (AvgIpc) is 3.02. The van der Waals surface area contributed by atoms with E-state index in [1.54, 1.807) is 0 Å². The number of aromatic nitrogens is 1. The first kappa shape index (κ1) is 18.5. The van der Waals surface area contributed by atoms with Crippen molar-refractivity contribution in [1.82, 2.24) is 14.8 Å². The van der Waals surface area contributed by atoms with Gasteiger partial charge in [0.1, 0.15) is 0 Å². The van der Waals surface area contributed by atoms with Crippen LogP contribution in [0.4, 0.5) is 0 Å². The molecule has 144 valence electrons. The molecule has 0 spiro atoms. The van der Waals surface area contributed by atoms with E-state index in [0.717, 1.165) is 54.9 Å². The third kappa shape index (κ3) is 3.87. The lowest BCUT2D eigenvalue weighted by molar-refractivity contribution is 0.0650. The van der Waals surface area contributed by atoms with Crippen LogP contribution in [0.1, 0.15) is 27.2 Å². The number of amides is 1. The highest BCUT2D eigenvalue weighted by Crippen LogP contribution is 2.23. The zero-order chi connectivity index (χ0) is 19.5. The van der Waals surface area contributed by atoms with Gasteiger partial charge >= 0.3 is 0 Å². The van der Waals surface area contributed by atoms with Crippen LogP contribution in [-0.2, 0) is 0 Å². The number of hydrogen-bond donors (Lipinski definition) is 1. The van der Waals surface area contributed by atoms with Gasteiger partial charge in [0.15, 0.2) is 0 Å². The summed E-state index contributed by atoms with van der Waals surface area (Å²) in [5, 5.41) is 1.15. The largest absolute Gasteiger partial charge is 0.358 e. The number of carbonyl (C=O) groups excluding carboxylic acids is 1. The zero-order valence-corrected chi connectivity index (χ0v) is 16.6. The molecule has 1 aliphatic heterocycles. The van der Waals surface area contributed by atoms with E-state index in [4.69, 9.17) is 0 Å². The first-order valence-corrected chi connectivity index (χ1v) is 9.94. The lowest BCUT2D eigenvalue weighted by Gasteiger charge is -2.34. The van der Waals surface area contributed by atoms with Crippen LogP contribution in [-0.4, -0.2) is 53.4 Å². The summed E-state index contributed by atoms with van der Waals surface area (Å²) in [5.74, 6) is 0.139. The first-order valence-electron chi connectivity index (χ1n) is 9.94. The maximum atomic E-state index is 13.0. The third-order valence-electron chi connectivity index (χ3n) is 5.69. The van der Waals surface area contributed by atoms with Gasteiger partial charge in [-0.1, -0.05) is 42.5 Å². The molecule has 2 aromatic carbocycles. The van der Waals surface area contributed by atoms with Crippen molar-refractivity contribution < 1.29 is 4.79 Å². The van der Waals surface area contributed by atoms with Gasteiger partial charge in [0, 0.05) is 54.9 Å². The topological polar surface area (TPSA) is 39.3 Å². The van der Waals surface area contributed by atoms with Gasteiger partial charge in [0.2, 0.25) is 0 Å². The monoisotopic (exact) mass is 373 g/mol. The Morgan fingerprint density at radius 3 is 2.54 bits per heavy atom. The van der Waals surface area contributed by atoms with Gasteiger partial charge in [-0.3, -0.25) is 9.69 Å². The number of rotatable bonds is 4. The molecule has 1 fully saturated rings. The highest BCUT2D eigenvalue weighted by molar-refractivity contribution is 5.99. The number of nitrogens with zero attached hydrogens (tertiary/aromatic N) is 2. The molecule has 0 unspecified atom stereocenters. The fourth-order valence-electron chi connectivity index (χ4n) is 3.81. The van der Waals surface area contributed by atoms with Crippen molar-refractivity contribution in [3.63, 3.8) is 0 Å². The summed E-state index contributed by atoms with van der Waals surface area (Å²) in [6, 6.07) is 16.3. The molecule has 1 aliphatic rings. The molecule has 1 saturated heterocycles. The maximum Gasteiger partial charge on any atom is 0.253 e. The molecule has 28 heavy (non-hydrogen) atoms. The summed E-state index contributed by atoms with van der Waals surface area (Å²) in [4.78, 5) is 20.7. The number of piperazine rings is 1. The number of aromatic amines is 1. The number of benzene rings is 2. The quantitative estimate of drug-likeness (QED) is 0.742. The number of hydrogen-bond acceptors (Lipinski definition) is 2. The summed E-state index contributed by atoms with van der Waals surface area (Å²) in [6.07, 6.45) is 4.37. The predicted octanol–water partition coefficient (Wildman–Crippen LogP) is 4.26. The molecule has 0 atom stereocenters. The molecule has 0 aliphatic carbocycles. The van der Waals surface area contributed by atoms with E-state index in [2.05, 4.69) is 60.1 Å². The van der Waals surface area contributed by atoms with E-state index in [9.17, 15) is 4.79 Å². The van der Waals surface area contributed by atoms with Crippen molar-refractivity contribution in [2.75, 3.05) is 32.7 Å². The van der Waals surface area contributed by atoms with Gasteiger partial charge in [-0.15, -0.1) is 0 Å². The second-order valence-corrected chi connectivity index (χ2v) is 7.54. The third-order valence-corrected chi connectivity index (χ3v) is 5.69. The lowest BCUT2D eigenvalue weighted by Crippen LogP contribution is -2.48. The van der Waals surface area contributed by atoms with E-state index in [0.29, 0.717) is 0 Å². The summed E-state index contributed by atoms with van der Waals surface area (Å²) in [6.45, 7) is 8.48. The molecule has 0 radical (unpaired) electrons. The number of H-pyrrole nitrogens is 1. The Kier molecular flexibility index (Phi) is 5.31. The van der Waals surface area contributed by atoms with Gasteiger partial charge in [-0.25, -0.2) is 0 Å². The molecule has 4 rings (SSSR count). The van der Waals surface area contributed by atoms with Gasteiger partial charge in [-0.2, -0.15) is 0 Å². The van der Waals surface area contributed by atoms with E-state index >= 15 is 0 Å². The van der Waals surface area contributed by atoms with Crippen LogP contribution in [0.3, 0.4) is 0 Å². The Hall–Kier alpha value is -2.85. The summed E-state index contributed by atoms with van der Waals surface area (Å²) in [7, 11) is 0. The first-order chi connectivity index (χ1) is 13.6. The minimum atomic E-state index is 0.139. The fraction of sp³-hybridized carbons (Fsp3) is 0.292. The molecule has 4 heteroatoms. The van der Waals surface area contributed by atoms with Crippen LogP contribution in [0.15, 0.2) is 54.6 Å². The molecule has 3 aromatic rings. The molecule has 1 amide bonds. The minimum absolute atomic E-state index is 0.139. The molecule has 0 bridgehead atoms. The Labute approximate surface area is 166 Å². The van der Waals surface area contributed by atoms with Crippen LogP contribution < -0.4 is 0 Å². The van der Waals surface area contributed by atoms with Gasteiger partial charge in [-0.05, 0) is 43.2 Å². The smallest absolute Gasteiger partial charge is 0.253 e. The van der Waals surface area contributed by atoms with Crippen molar-refractivity contribution in [2.45, 2.75) is 13.8 Å². The Morgan fingerprint density at radius 2 is 1.79 bits per heavy atom. The Bertz CT molecular complexity index is 995. The number of carbonyl (C=O) groups is 1. The van der Waals surface area contributed by atoms with Crippen LogP contribution >= 0.6 is 0 Å². The number of fused-ring (bicyclic) bond motifs is 1. The molecule has 1 aromatic heterocycles. The lowest BCUT2D eigenvalue weighted by atomic mass is 10.1. The van der Waals surface area contributed by atoms with Gasteiger partial charge in [0.05, 0.1) is 0 Å². The van der Waals surface area contributed by atoms with Crippen molar-refractivity contribution in [3.8, 4) is 0 Å². The normalized spacial score (nSPS) is 15.6. The maximum absolute atomic E-state index is 13.0. The number of aryl methyl sites for hydroxylation is 2. The number of nitrogens with one attached hydrogen (secondary N) is 1. The van der Waals surface area contributed by atoms with Crippen molar-refractivity contribution >= 4 is 22.9 Å². The van der Waals surface area contributed by atoms with E-state index in [1.165, 1.54) is 11.1 Å². The summed E-state index contributed by atoms with van der Waals surface area (Å²) < 4.78 is 0. The van der Waals surface area contributed by atoms with Crippen molar-refractivity contribution in [3.05, 3.63) is 77.0 Å². The van der Waals surface area contributed by atoms with E-state index in [1.807, 2.05) is 29.2 Å². The molecular weight excluding hydrogens is 346 g/mol. The molecular formula is C24H27N3O. The molecule has 1 N–H and O–H groups in total. The van der Waals surface area contributed by atoms with Crippen molar-refractivity contribution in [2.24, 2.45) is 0 Å². The fourth-order valence-corrected chi connectivity index (χ4v) is 3.81. The van der Waals surface area contributed by atoms with Crippen molar-refractivity contribution in [1.29, 1.82) is 0 Å². The van der Waals surface area contributed by atoms with Crippen LogP contribution in [0.25, 0.3) is 17.0 Å². The van der Waals surface area contributed by atoms with E-state index < -0.39 is 0 Å². The Balaban J connectivity index is 1.35. The summed E-state index contributed by atoms with van der Waals surface area (Å²) >= 11 is 0. The highest BCUT2D eigenvalue weighted by Gasteiger charge is 2.22. The minimum Gasteiger partial charge on any atom is -0.358 e. The Morgan fingerprint density at radius 1 is 1.04 bits per heavy atom. The van der Waals surface area contributed by atoms with Gasteiger partial charge in [0.25, 0.3) is 5.91 Å². The molecule has 0 saturated carbocycles. The highest BCUT2D eigenvalue weighted by atomic mass is 16.2. The predicted molar refractivity (Wildman–Crippen MR) is 116 cm³/mol. The van der Waals surface area contributed by atoms with Crippen LogP contribution in [0.2, 0.25) is 0 Å². The average molecular weight is 374 g/mol. The standard InChI is InChI=1S/C24H27N3O/c1-18-19(2)25-23-11-10-21(17-22(18)23)24(28)27-15-13-26(14-16-27)12-6-9-20-7-4-3-5-8-20/h3-11,17,25H,12-16H2,1-2H3.